The average Bonchev–Trinajstić information content (AvgIpc) is 2.36. The first kappa shape index (κ1) is 16.7. The molecule has 0 saturated heterocycles. The lowest BCUT2D eigenvalue weighted by atomic mass is 10.1. The molecule has 0 unspecified atom stereocenters. The molecule has 0 aliphatic carbocycles. The van der Waals surface area contributed by atoms with E-state index in [4.69, 9.17) is 4.74 Å². The molecule has 18 heavy (non-hydrogen) atoms. The molecule has 1 rings (SSSR count). The van der Waals surface area contributed by atoms with Gasteiger partial charge in [0.15, 0.2) is 0 Å². The van der Waals surface area contributed by atoms with Gasteiger partial charge in [-0.15, -0.1) is 12.4 Å². The molecule has 0 aliphatic heterocycles. The number of carbonyl (C=O) groups excluding carboxylic acids is 1. The predicted octanol–water partition coefficient (Wildman–Crippen LogP) is 1.39. The minimum Gasteiger partial charge on any atom is -0.497 e. The average molecular weight is 273 g/mol. The zero-order valence-corrected chi connectivity index (χ0v) is 11.7. The molecule has 2 N–H and O–H groups in total. The van der Waals surface area contributed by atoms with Gasteiger partial charge >= 0.3 is 0 Å². The Kier molecular flexibility index (Phi) is 9.06. The van der Waals surface area contributed by atoms with Crippen molar-refractivity contribution in [3.8, 4) is 5.75 Å². The van der Waals surface area contributed by atoms with Crippen LogP contribution >= 0.6 is 12.4 Å². The highest BCUT2D eigenvalue weighted by atomic mass is 35.5. The number of halogens is 1. The fraction of sp³-hybridized carbons (Fsp3) is 0.462. The monoisotopic (exact) mass is 272 g/mol. The minimum atomic E-state index is 0. The van der Waals surface area contributed by atoms with Gasteiger partial charge in [0.25, 0.3) is 0 Å². The molecule has 0 radical (unpaired) electrons. The van der Waals surface area contributed by atoms with Crippen LogP contribution in [-0.4, -0.2) is 33.2 Å². The molecule has 1 aromatic carbocycles. The summed E-state index contributed by atoms with van der Waals surface area (Å²) in [5.74, 6) is 0.915. The van der Waals surface area contributed by atoms with Crippen molar-refractivity contribution in [3.63, 3.8) is 0 Å². The number of aryl methyl sites for hydroxylation is 1. The van der Waals surface area contributed by atoms with Crippen LogP contribution in [-0.2, 0) is 11.2 Å². The van der Waals surface area contributed by atoms with Crippen LogP contribution in [0.15, 0.2) is 24.3 Å². The lowest BCUT2D eigenvalue weighted by Gasteiger charge is -2.05. The minimum absolute atomic E-state index is 0. The van der Waals surface area contributed by atoms with Gasteiger partial charge in [-0.05, 0) is 37.6 Å². The van der Waals surface area contributed by atoms with E-state index in [0.29, 0.717) is 13.1 Å². The van der Waals surface area contributed by atoms with E-state index >= 15 is 0 Å². The molecule has 0 heterocycles. The standard InChI is InChI=1S/C13H20N2O2.ClH/c1-14-10-13(16)15-9-3-4-11-5-7-12(17-2)8-6-11;/h5-8,14H,3-4,9-10H2,1-2H3,(H,15,16);1H. The number of rotatable bonds is 7. The van der Waals surface area contributed by atoms with Crippen LogP contribution in [0, 0.1) is 0 Å². The topological polar surface area (TPSA) is 50.4 Å². The third-order valence-corrected chi connectivity index (χ3v) is 2.46. The van der Waals surface area contributed by atoms with Crippen molar-refractivity contribution in [2.75, 3.05) is 27.2 Å². The highest BCUT2D eigenvalue weighted by molar-refractivity contribution is 5.85. The largest absolute Gasteiger partial charge is 0.497 e. The molecule has 102 valence electrons. The first-order chi connectivity index (χ1) is 8.26. The number of likely N-dealkylation sites (N-methyl/N-ethyl adjacent to an activating group) is 1. The quantitative estimate of drug-likeness (QED) is 0.738. The first-order valence-electron chi connectivity index (χ1n) is 5.80. The van der Waals surface area contributed by atoms with Crippen LogP contribution in [0.5, 0.6) is 5.75 Å². The number of nitrogens with one attached hydrogen (secondary N) is 2. The molecule has 0 saturated carbocycles. The van der Waals surface area contributed by atoms with Gasteiger partial charge in [-0.25, -0.2) is 0 Å². The summed E-state index contributed by atoms with van der Waals surface area (Å²) in [6.07, 6.45) is 1.91. The number of benzene rings is 1. The van der Waals surface area contributed by atoms with Gasteiger partial charge in [0.1, 0.15) is 5.75 Å². The summed E-state index contributed by atoms with van der Waals surface area (Å²) >= 11 is 0. The van der Waals surface area contributed by atoms with Gasteiger partial charge in [0.05, 0.1) is 13.7 Å². The molecule has 0 spiro atoms. The van der Waals surface area contributed by atoms with Gasteiger partial charge in [-0.1, -0.05) is 12.1 Å². The molecule has 4 nitrogen and oxygen atoms in total. The second kappa shape index (κ2) is 9.74. The molecule has 1 amide bonds. The normalized spacial score (nSPS) is 9.44. The lowest BCUT2D eigenvalue weighted by Crippen LogP contribution is -2.32. The molecule has 0 aliphatic rings. The third-order valence-electron chi connectivity index (χ3n) is 2.46. The van der Waals surface area contributed by atoms with Gasteiger partial charge in [-0.2, -0.15) is 0 Å². The summed E-state index contributed by atoms with van der Waals surface area (Å²) in [7, 11) is 3.42. The van der Waals surface area contributed by atoms with E-state index in [1.165, 1.54) is 5.56 Å². The predicted molar refractivity (Wildman–Crippen MR) is 75.5 cm³/mol. The summed E-state index contributed by atoms with van der Waals surface area (Å²) in [6, 6.07) is 8.01. The van der Waals surface area contributed by atoms with Crippen molar-refractivity contribution >= 4 is 18.3 Å². The Bertz CT molecular complexity index is 341. The molecular weight excluding hydrogens is 252 g/mol. The molecule has 5 heteroatoms. The van der Waals surface area contributed by atoms with Crippen molar-refractivity contribution in [3.05, 3.63) is 29.8 Å². The fourth-order valence-corrected chi connectivity index (χ4v) is 1.54. The summed E-state index contributed by atoms with van der Waals surface area (Å²) in [5.41, 5.74) is 1.26. The number of carbonyl (C=O) groups is 1. The van der Waals surface area contributed by atoms with Crippen molar-refractivity contribution in [1.29, 1.82) is 0 Å². The van der Waals surface area contributed by atoms with Crippen molar-refractivity contribution in [2.45, 2.75) is 12.8 Å². The summed E-state index contributed by atoms with van der Waals surface area (Å²) < 4.78 is 5.09. The van der Waals surface area contributed by atoms with Crippen LogP contribution in [0.1, 0.15) is 12.0 Å². The Morgan fingerprint density at radius 3 is 2.50 bits per heavy atom. The molecular formula is C13H21ClN2O2. The Morgan fingerprint density at radius 1 is 1.28 bits per heavy atom. The third kappa shape index (κ3) is 6.47. The maximum atomic E-state index is 11.1. The Hall–Kier alpha value is -1.26. The smallest absolute Gasteiger partial charge is 0.233 e. The van der Waals surface area contributed by atoms with E-state index in [1.807, 2.05) is 24.3 Å². The lowest BCUT2D eigenvalue weighted by molar-refractivity contribution is -0.120. The van der Waals surface area contributed by atoms with E-state index in [1.54, 1.807) is 14.2 Å². The van der Waals surface area contributed by atoms with Gasteiger partial charge < -0.3 is 15.4 Å². The summed E-state index contributed by atoms with van der Waals surface area (Å²) in [4.78, 5) is 11.1. The summed E-state index contributed by atoms with van der Waals surface area (Å²) in [6.45, 7) is 1.09. The molecule has 0 aromatic heterocycles. The molecule has 0 atom stereocenters. The second-order valence-electron chi connectivity index (χ2n) is 3.83. The van der Waals surface area contributed by atoms with E-state index < -0.39 is 0 Å². The van der Waals surface area contributed by atoms with Crippen LogP contribution < -0.4 is 15.4 Å². The van der Waals surface area contributed by atoms with Crippen LogP contribution in [0.3, 0.4) is 0 Å². The highest BCUT2D eigenvalue weighted by Gasteiger charge is 1.98. The fourth-order valence-electron chi connectivity index (χ4n) is 1.54. The molecule has 0 fully saturated rings. The van der Waals surface area contributed by atoms with Gasteiger partial charge in [0, 0.05) is 6.54 Å². The number of hydrogen-bond acceptors (Lipinski definition) is 3. The van der Waals surface area contributed by atoms with Crippen molar-refractivity contribution < 1.29 is 9.53 Å². The van der Waals surface area contributed by atoms with E-state index in [9.17, 15) is 4.79 Å². The second-order valence-corrected chi connectivity index (χ2v) is 3.83. The van der Waals surface area contributed by atoms with Crippen LogP contribution in [0.4, 0.5) is 0 Å². The zero-order valence-electron chi connectivity index (χ0n) is 10.9. The van der Waals surface area contributed by atoms with E-state index in [-0.39, 0.29) is 18.3 Å². The van der Waals surface area contributed by atoms with E-state index in [2.05, 4.69) is 10.6 Å². The van der Waals surface area contributed by atoms with Gasteiger partial charge in [-0.3, -0.25) is 4.79 Å². The number of ether oxygens (including phenoxy) is 1. The Labute approximate surface area is 115 Å². The first-order valence-corrected chi connectivity index (χ1v) is 5.80. The maximum Gasteiger partial charge on any atom is 0.233 e. The maximum absolute atomic E-state index is 11.1. The molecule has 1 aromatic rings. The van der Waals surface area contributed by atoms with Crippen LogP contribution in [0.2, 0.25) is 0 Å². The highest BCUT2D eigenvalue weighted by Crippen LogP contribution is 2.12. The SMILES string of the molecule is CNCC(=O)NCCCc1ccc(OC)cc1.Cl. The Morgan fingerprint density at radius 2 is 1.94 bits per heavy atom. The number of amides is 1. The van der Waals surface area contributed by atoms with Gasteiger partial charge in [0.2, 0.25) is 5.91 Å². The van der Waals surface area contributed by atoms with Crippen LogP contribution in [0.25, 0.3) is 0 Å². The zero-order chi connectivity index (χ0) is 12.5. The van der Waals surface area contributed by atoms with Crippen molar-refractivity contribution in [2.24, 2.45) is 0 Å². The van der Waals surface area contributed by atoms with Crippen molar-refractivity contribution in [1.82, 2.24) is 10.6 Å². The number of methoxy groups -OCH3 is 1. The van der Waals surface area contributed by atoms with E-state index in [0.717, 1.165) is 18.6 Å². The Balaban J connectivity index is 0.00000289. The summed E-state index contributed by atoms with van der Waals surface area (Å²) in [5, 5.41) is 5.66. The number of hydrogen-bond donors (Lipinski definition) is 2. The molecule has 0 bridgehead atoms.